The highest BCUT2D eigenvalue weighted by atomic mass is 79.9. The van der Waals surface area contributed by atoms with Gasteiger partial charge < -0.3 is 24.1 Å². The summed E-state index contributed by atoms with van der Waals surface area (Å²) < 4.78 is 18.9. The van der Waals surface area contributed by atoms with Crippen molar-refractivity contribution in [3.05, 3.63) is 59.4 Å². The highest BCUT2D eigenvalue weighted by Crippen LogP contribution is 2.29. The molecule has 3 heterocycles. The Kier molecular flexibility index (Phi) is 19.1. The van der Waals surface area contributed by atoms with Crippen LogP contribution in [-0.4, -0.2) is 74.9 Å². The summed E-state index contributed by atoms with van der Waals surface area (Å²) >= 11 is 3.56. The van der Waals surface area contributed by atoms with Crippen LogP contribution in [0.1, 0.15) is 109 Å². The van der Waals surface area contributed by atoms with Crippen molar-refractivity contribution in [1.29, 1.82) is 0 Å². The van der Waals surface area contributed by atoms with Gasteiger partial charge in [-0.25, -0.2) is 14.7 Å². The highest BCUT2D eigenvalue weighted by Gasteiger charge is 2.30. The molecule has 55 heavy (non-hydrogen) atoms. The number of aliphatic imine (C=N–C) groups is 1. The van der Waals surface area contributed by atoms with Crippen LogP contribution in [0.3, 0.4) is 0 Å². The van der Waals surface area contributed by atoms with Gasteiger partial charge >= 0.3 is 18.0 Å². The van der Waals surface area contributed by atoms with E-state index >= 15 is 0 Å². The van der Waals surface area contributed by atoms with Gasteiger partial charge in [-0.15, -0.1) is 0 Å². The fraction of sp³-hybridized carbons (Fsp3) is 0.585. The fourth-order valence-corrected chi connectivity index (χ4v) is 6.87. The van der Waals surface area contributed by atoms with Gasteiger partial charge in [0.05, 0.1) is 47.6 Å². The summed E-state index contributed by atoms with van der Waals surface area (Å²) in [6.07, 6.45) is 26.8. The van der Waals surface area contributed by atoms with Gasteiger partial charge in [-0.1, -0.05) is 77.4 Å². The number of nitrogens with one attached hydrogen (secondary N) is 1. The zero-order valence-electron chi connectivity index (χ0n) is 32.7. The molecular weight excluding hydrogens is 766 g/mol. The second-order valence-electron chi connectivity index (χ2n) is 14.1. The van der Waals surface area contributed by atoms with Crippen molar-refractivity contribution < 1.29 is 28.6 Å². The quantitative estimate of drug-likeness (QED) is 0.0402. The van der Waals surface area contributed by atoms with Gasteiger partial charge in [-0.3, -0.25) is 24.5 Å². The molecule has 3 aromatic rings. The number of nitrogens with zero attached hydrogens (tertiary/aromatic N) is 6. The average Bonchev–Trinajstić information content (AvgIpc) is 3.83. The molecule has 1 aromatic carbocycles. The number of carbonyl (C=O) groups excluding carboxylic acids is 3. The van der Waals surface area contributed by atoms with E-state index in [4.69, 9.17) is 14.2 Å². The SMILES string of the molecule is CCCCCCCC/C=C\CCCCCCCC(=O)OC[C@H](Cc1cncn1C)[C@H](C)C(=O)OCOC(=O)N1CCN=C1Nc1ccc2nccnc2c1Br. The lowest BCUT2D eigenvalue weighted by Gasteiger charge is -2.23. The topological polar surface area (TPSA) is 150 Å². The number of guanidine groups is 1. The normalized spacial score (nSPS) is 13.9. The Morgan fingerprint density at radius 3 is 2.36 bits per heavy atom. The van der Waals surface area contributed by atoms with Crippen molar-refractivity contribution in [2.75, 3.05) is 31.8 Å². The largest absolute Gasteiger partial charge is 0.465 e. The van der Waals surface area contributed by atoms with Crippen LogP contribution in [0, 0.1) is 11.8 Å². The Balaban J connectivity index is 1.15. The number of rotatable bonds is 24. The molecule has 0 bridgehead atoms. The third-order valence-electron chi connectivity index (χ3n) is 9.84. The predicted octanol–water partition coefficient (Wildman–Crippen LogP) is 8.92. The Morgan fingerprint density at radius 1 is 0.927 bits per heavy atom. The number of hydrogen-bond donors (Lipinski definition) is 1. The van der Waals surface area contributed by atoms with Crippen LogP contribution >= 0.6 is 15.9 Å². The molecule has 13 nitrogen and oxygen atoms in total. The Hall–Kier alpha value is -4.33. The van der Waals surface area contributed by atoms with Crippen LogP contribution in [0.4, 0.5) is 10.5 Å². The Bertz CT molecular complexity index is 1710. The van der Waals surface area contributed by atoms with E-state index in [1.807, 2.05) is 23.7 Å². The van der Waals surface area contributed by atoms with E-state index in [1.165, 1.54) is 56.3 Å². The van der Waals surface area contributed by atoms with Gasteiger partial charge in [0.2, 0.25) is 12.8 Å². The van der Waals surface area contributed by atoms with E-state index in [2.05, 4.69) is 60.3 Å². The number of fused-ring (bicyclic) bond motifs is 1. The predicted molar refractivity (Wildman–Crippen MR) is 217 cm³/mol. The maximum atomic E-state index is 13.2. The molecule has 0 unspecified atom stereocenters. The number of aromatic nitrogens is 4. The van der Waals surface area contributed by atoms with Crippen molar-refractivity contribution in [2.45, 2.75) is 110 Å². The van der Waals surface area contributed by atoms with Gasteiger partial charge in [0.1, 0.15) is 5.52 Å². The van der Waals surface area contributed by atoms with Crippen molar-refractivity contribution in [2.24, 2.45) is 23.9 Å². The number of halogens is 1. The van der Waals surface area contributed by atoms with Crippen molar-refractivity contribution in [3.8, 4) is 0 Å². The van der Waals surface area contributed by atoms with Crippen LogP contribution in [0.2, 0.25) is 0 Å². The summed E-state index contributed by atoms with van der Waals surface area (Å²) in [5.41, 5.74) is 2.92. The molecule has 4 rings (SSSR count). The second kappa shape index (κ2) is 24.2. The average molecular weight is 825 g/mol. The first kappa shape index (κ1) is 43.4. The Morgan fingerprint density at radius 2 is 1.64 bits per heavy atom. The number of hydrogen-bond acceptors (Lipinski definition) is 11. The molecule has 1 amide bonds. The summed E-state index contributed by atoms with van der Waals surface area (Å²) in [6, 6.07) is 3.63. The van der Waals surface area contributed by atoms with E-state index in [0.717, 1.165) is 43.3 Å². The minimum absolute atomic E-state index is 0.0559. The minimum Gasteiger partial charge on any atom is -0.465 e. The van der Waals surface area contributed by atoms with Gasteiger partial charge in [0.15, 0.2) is 0 Å². The summed E-state index contributed by atoms with van der Waals surface area (Å²) in [6.45, 7) is 4.14. The third-order valence-corrected chi connectivity index (χ3v) is 10.6. The number of allylic oxidation sites excluding steroid dienone is 2. The highest BCUT2D eigenvalue weighted by molar-refractivity contribution is 9.10. The number of unbranched alkanes of at least 4 members (excludes halogenated alkanes) is 11. The Labute approximate surface area is 333 Å². The second-order valence-corrected chi connectivity index (χ2v) is 14.9. The molecule has 0 aliphatic carbocycles. The monoisotopic (exact) mass is 823 g/mol. The summed E-state index contributed by atoms with van der Waals surface area (Å²) in [7, 11) is 1.87. The number of imidazole rings is 1. The first-order valence-corrected chi connectivity index (χ1v) is 20.6. The van der Waals surface area contributed by atoms with E-state index in [0.29, 0.717) is 47.6 Å². The van der Waals surface area contributed by atoms with Crippen LogP contribution in [0.5, 0.6) is 0 Å². The van der Waals surface area contributed by atoms with E-state index in [-0.39, 0.29) is 18.5 Å². The molecule has 0 spiro atoms. The number of ether oxygens (including phenoxy) is 3. The maximum Gasteiger partial charge on any atom is 0.419 e. The minimum atomic E-state index is -0.711. The number of aryl methyl sites for hydroxylation is 1. The zero-order chi connectivity index (χ0) is 39.3. The molecular formula is C41H58BrN7O6. The fourth-order valence-electron chi connectivity index (χ4n) is 6.33. The van der Waals surface area contributed by atoms with Crippen molar-refractivity contribution in [3.63, 3.8) is 0 Å². The van der Waals surface area contributed by atoms with Crippen LogP contribution < -0.4 is 5.32 Å². The van der Waals surface area contributed by atoms with Gasteiger partial charge in [0.25, 0.3) is 0 Å². The van der Waals surface area contributed by atoms with Crippen molar-refractivity contribution in [1.82, 2.24) is 24.4 Å². The molecule has 2 aromatic heterocycles. The lowest BCUT2D eigenvalue weighted by atomic mass is 9.90. The molecule has 300 valence electrons. The van der Waals surface area contributed by atoms with Crippen LogP contribution in [0.25, 0.3) is 11.0 Å². The standard InChI is InChI=1S/C41H58BrN7O6/c1-4-5-6-7-8-9-10-11-12-13-14-15-16-17-18-19-36(50)53-28-32(26-33-27-43-29-48(33)3)31(2)39(51)54-30-55-41(52)49-25-24-46-40(49)47-34-20-21-35-38(37(34)42)45-23-22-44-35/h11-12,20-23,27,29,31-32H,4-10,13-19,24-26,28,30H2,1-3H3,(H,46,47)/b12-11-/t31-,32-/m0/s1. The molecule has 1 N–H and O–H groups in total. The maximum absolute atomic E-state index is 13.2. The molecule has 0 fully saturated rings. The molecule has 0 radical (unpaired) electrons. The lowest BCUT2D eigenvalue weighted by Crippen LogP contribution is -2.39. The molecule has 0 saturated heterocycles. The summed E-state index contributed by atoms with van der Waals surface area (Å²) in [5.74, 6) is -1.57. The third kappa shape index (κ3) is 14.7. The van der Waals surface area contributed by atoms with Crippen molar-refractivity contribution >= 4 is 56.6 Å². The number of carbonyl (C=O) groups is 3. The lowest BCUT2D eigenvalue weighted by molar-refractivity contribution is -0.161. The van der Waals surface area contributed by atoms with Gasteiger partial charge in [-0.2, -0.15) is 0 Å². The van der Waals surface area contributed by atoms with Gasteiger partial charge in [-0.05, 0) is 66.6 Å². The van der Waals surface area contributed by atoms with E-state index < -0.39 is 24.8 Å². The molecule has 2 atom stereocenters. The smallest absolute Gasteiger partial charge is 0.419 e. The number of esters is 2. The van der Waals surface area contributed by atoms with Crippen LogP contribution in [-0.2, 0) is 37.3 Å². The number of benzene rings is 1. The number of amides is 1. The molecule has 14 heteroatoms. The molecule has 1 aliphatic rings. The number of anilines is 1. The molecule has 1 aliphatic heterocycles. The summed E-state index contributed by atoms with van der Waals surface area (Å²) in [4.78, 5) is 57.4. The summed E-state index contributed by atoms with van der Waals surface area (Å²) in [5, 5.41) is 3.15. The van der Waals surface area contributed by atoms with Crippen LogP contribution in [0.15, 0.2) is 58.7 Å². The van der Waals surface area contributed by atoms with E-state index in [9.17, 15) is 14.4 Å². The van der Waals surface area contributed by atoms with E-state index in [1.54, 1.807) is 31.8 Å². The van der Waals surface area contributed by atoms with Gasteiger partial charge in [0, 0.05) is 43.7 Å². The molecule has 0 saturated carbocycles. The zero-order valence-corrected chi connectivity index (χ0v) is 34.3. The first-order chi connectivity index (χ1) is 26.8. The first-order valence-electron chi connectivity index (χ1n) is 19.9.